The van der Waals surface area contributed by atoms with Crippen molar-refractivity contribution in [3.05, 3.63) is 52.0 Å². The molecule has 7 heteroatoms. The zero-order valence-electron chi connectivity index (χ0n) is 15.3. The first-order chi connectivity index (χ1) is 12.9. The summed E-state index contributed by atoms with van der Waals surface area (Å²) in [6, 6.07) is 10.9. The minimum absolute atomic E-state index is 0.233. The number of carbonyl (C=O) groups excluding carboxylic acids is 1. The number of nitrogens with one attached hydrogen (secondary N) is 1. The van der Waals surface area contributed by atoms with Crippen molar-refractivity contribution in [2.45, 2.75) is 20.0 Å². The number of rotatable bonds is 5. The van der Waals surface area contributed by atoms with Crippen LogP contribution in [-0.4, -0.2) is 38.3 Å². The molecule has 0 radical (unpaired) electrons. The van der Waals surface area contributed by atoms with Crippen LogP contribution in [-0.2, 0) is 9.53 Å². The van der Waals surface area contributed by atoms with Gasteiger partial charge in [0.25, 0.3) is 5.91 Å². The van der Waals surface area contributed by atoms with Crippen LogP contribution in [0.5, 0.6) is 5.75 Å². The molecule has 5 nitrogen and oxygen atoms in total. The Morgan fingerprint density at radius 1 is 1.15 bits per heavy atom. The predicted molar refractivity (Wildman–Crippen MR) is 109 cm³/mol. The van der Waals surface area contributed by atoms with Crippen LogP contribution in [0.25, 0.3) is 0 Å². The van der Waals surface area contributed by atoms with E-state index in [0.717, 1.165) is 43.2 Å². The van der Waals surface area contributed by atoms with Crippen LogP contribution in [0.15, 0.2) is 36.4 Å². The third-order valence-electron chi connectivity index (χ3n) is 4.42. The Bertz CT molecular complexity index is 823. The number of hydrogen-bond acceptors (Lipinski definition) is 4. The lowest BCUT2D eigenvalue weighted by atomic mass is 10.1. The van der Waals surface area contributed by atoms with Gasteiger partial charge < -0.3 is 19.7 Å². The minimum Gasteiger partial charge on any atom is -0.481 e. The van der Waals surface area contributed by atoms with Crippen LogP contribution in [0.3, 0.4) is 0 Å². The third-order valence-corrected chi connectivity index (χ3v) is 5.16. The predicted octanol–water partition coefficient (Wildman–Crippen LogP) is 4.54. The number of ether oxygens (including phenoxy) is 2. The number of aryl methyl sites for hydroxylation is 1. The summed E-state index contributed by atoms with van der Waals surface area (Å²) in [6.45, 7) is 6.89. The maximum Gasteiger partial charge on any atom is 0.265 e. The lowest BCUT2D eigenvalue weighted by Crippen LogP contribution is -2.36. The molecule has 0 saturated carbocycles. The zero-order chi connectivity index (χ0) is 19.4. The zero-order valence-corrected chi connectivity index (χ0v) is 16.8. The van der Waals surface area contributed by atoms with Crippen molar-refractivity contribution >= 4 is 40.5 Å². The molecule has 1 fully saturated rings. The lowest BCUT2D eigenvalue weighted by molar-refractivity contribution is -0.122. The average molecular weight is 409 g/mol. The molecule has 1 aliphatic rings. The monoisotopic (exact) mass is 408 g/mol. The van der Waals surface area contributed by atoms with E-state index in [-0.39, 0.29) is 5.91 Å². The van der Waals surface area contributed by atoms with Gasteiger partial charge in [0.05, 0.1) is 23.3 Å². The fourth-order valence-electron chi connectivity index (χ4n) is 2.85. The lowest BCUT2D eigenvalue weighted by Gasteiger charge is -2.29. The van der Waals surface area contributed by atoms with Crippen LogP contribution >= 0.6 is 23.2 Å². The highest BCUT2D eigenvalue weighted by Crippen LogP contribution is 2.27. The van der Waals surface area contributed by atoms with Gasteiger partial charge in [-0.15, -0.1) is 0 Å². The van der Waals surface area contributed by atoms with Gasteiger partial charge in [-0.25, -0.2) is 0 Å². The smallest absolute Gasteiger partial charge is 0.265 e. The molecule has 1 saturated heterocycles. The topological polar surface area (TPSA) is 50.8 Å². The van der Waals surface area contributed by atoms with Crippen molar-refractivity contribution in [2.24, 2.45) is 0 Å². The van der Waals surface area contributed by atoms with Gasteiger partial charge in [-0.3, -0.25) is 4.79 Å². The summed E-state index contributed by atoms with van der Waals surface area (Å²) >= 11 is 11.9. The Balaban J connectivity index is 1.63. The summed E-state index contributed by atoms with van der Waals surface area (Å²) < 4.78 is 11.1. The maximum atomic E-state index is 12.5. The summed E-state index contributed by atoms with van der Waals surface area (Å²) in [7, 11) is 0. The first kappa shape index (κ1) is 19.8. The molecular formula is C20H22Cl2N2O3. The Kier molecular flexibility index (Phi) is 6.47. The highest BCUT2D eigenvalue weighted by Gasteiger charge is 2.17. The van der Waals surface area contributed by atoms with Gasteiger partial charge in [0.2, 0.25) is 0 Å². The molecule has 1 aliphatic heterocycles. The number of morpholine rings is 1. The molecule has 0 bridgehead atoms. The standard InChI is InChI=1S/C20H22Cl2N2O3/c1-13-11-15(24-7-9-26-10-8-24)3-6-19(13)23-20(25)14(2)27-16-4-5-17(21)18(22)12-16/h3-6,11-12,14H,7-10H2,1-2H3,(H,23,25). The molecule has 1 atom stereocenters. The summed E-state index contributed by atoms with van der Waals surface area (Å²) in [6.07, 6.45) is -0.680. The van der Waals surface area contributed by atoms with Crippen molar-refractivity contribution in [3.8, 4) is 5.75 Å². The van der Waals surface area contributed by atoms with Crippen molar-refractivity contribution in [3.63, 3.8) is 0 Å². The SMILES string of the molecule is Cc1cc(N2CCOCC2)ccc1NC(=O)C(C)Oc1ccc(Cl)c(Cl)c1. The van der Waals surface area contributed by atoms with Gasteiger partial charge >= 0.3 is 0 Å². The van der Waals surface area contributed by atoms with Gasteiger partial charge in [-0.05, 0) is 49.7 Å². The van der Waals surface area contributed by atoms with Crippen molar-refractivity contribution in [1.29, 1.82) is 0 Å². The van der Waals surface area contributed by atoms with E-state index in [0.29, 0.717) is 15.8 Å². The molecule has 1 amide bonds. The van der Waals surface area contributed by atoms with E-state index >= 15 is 0 Å². The largest absolute Gasteiger partial charge is 0.481 e. The van der Waals surface area contributed by atoms with Gasteiger partial charge in [0.1, 0.15) is 5.75 Å². The number of benzene rings is 2. The summed E-state index contributed by atoms with van der Waals surface area (Å²) in [5.74, 6) is 0.259. The Morgan fingerprint density at radius 2 is 1.89 bits per heavy atom. The van der Waals surface area contributed by atoms with Crippen molar-refractivity contribution in [2.75, 3.05) is 36.5 Å². The number of hydrogen-bond donors (Lipinski definition) is 1. The molecule has 1 N–H and O–H groups in total. The Labute approximate surface area is 169 Å². The van der Waals surface area contributed by atoms with E-state index in [9.17, 15) is 4.79 Å². The molecule has 3 rings (SSSR count). The molecule has 1 unspecified atom stereocenters. The fourth-order valence-corrected chi connectivity index (χ4v) is 3.14. The maximum absolute atomic E-state index is 12.5. The first-order valence-electron chi connectivity index (χ1n) is 8.80. The molecular weight excluding hydrogens is 387 g/mol. The normalized spacial score (nSPS) is 15.3. The van der Waals surface area contributed by atoms with Crippen LogP contribution in [0.1, 0.15) is 12.5 Å². The number of halogens is 2. The van der Waals surface area contributed by atoms with E-state index in [1.165, 1.54) is 0 Å². The van der Waals surface area contributed by atoms with Crippen molar-refractivity contribution in [1.82, 2.24) is 0 Å². The molecule has 27 heavy (non-hydrogen) atoms. The molecule has 0 spiro atoms. The third kappa shape index (κ3) is 5.06. The summed E-state index contributed by atoms with van der Waals surface area (Å²) in [5.41, 5.74) is 2.89. The molecule has 0 aromatic heterocycles. The quantitative estimate of drug-likeness (QED) is 0.788. The summed E-state index contributed by atoms with van der Waals surface area (Å²) in [4.78, 5) is 14.8. The Hall–Kier alpha value is -1.95. The summed E-state index contributed by atoms with van der Waals surface area (Å²) in [5, 5.41) is 3.75. The minimum atomic E-state index is -0.680. The van der Waals surface area contributed by atoms with E-state index in [1.807, 2.05) is 19.1 Å². The van der Waals surface area contributed by atoms with Crippen LogP contribution in [0.4, 0.5) is 11.4 Å². The second-order valence-corrected chi connectivity index (χ2v) is 7.24. The van der Waals surface area contributed by atoms with E-state index in [4.69, 9.17) is 32.7 Å². The van der Waals surface area contributed by atoms with Gasteiger partial charge in [-0.2, -0.15) is 0 Å². The first-order valence-corrected chi connectivity index (χ1v) is 9.55. The highest BCUT2D eigenvalue weighted by molar-refractivity contribution is 6.42. The van der Waals surface area contributed by atoms with Gasteiger partial charge in [0.15, 0.2) is 6.10 Å². The molecule has 144 valence electrons. The molecule has 0 aliphatic carbocycles. The molecule has 1 heterocycles. The van der Waals surface area contributed by atoms with Crippen molar-refractivity contribution < 1.29 is 14.3 Å². The van der Waals surface area contributed by atoms with Crippen LogP contribution in [0.2, 0.25) is 10.0 Å². The number of nitrogens with zero attached hydrogens (tertiary/aromatic N) is 1. The highest BCUT2D eigenvalue weighted by atomic mass is 35.5. The number of carbonyl (C=O) groups is 1. The van der Waals surface area contributed by atoms with E-state index in [1.54, 1.807) is 25.1 Å². The van der Waals surface area contributed by atoms with Crippen LogP contribution in [0, 0.1) is 6.92 Å². The fraction of sp³-hybridized carbons (Fsp3) is 0.350. The number of amides is 1. The second kappa shape index (κ2) is 8.83. The van der Waals surface area contributed by atoms with Gasteiger partial charge in [-0.1, -0.05) is 23.2 Å². The molecule has 2 aromatic carbocycles. The second-order valence-electron chi connectivity index (χ2n) is 6.42. The van der Waals surface area contributed by atoms with Gasteiger partial charge in [0, 0.05) is 30.5 Å². The van der Waals surface area contributed by atoms with E-state index in [2.05, 4.69) is 16.3 Å². The number of anilines is 2. The van der Waals surface area contributed by atoms with Crippen LogP contribution < -0.4 is 15.0 Å². The molecule has 2 aromatic rings. The Morgan fingerprint density at radius 3 is 2.56 bits per heavy atom. The average Bonchev–Trinajstić information content (AvgIpc) is 2.67. The van der Waals surface area contributed by atoms with E-state index < -0.39 is 6.10 Å².